The molecule has 2 atom stereocenters. The fraction of sp³-hybridized carbons (Fsp3) is 0.120. The van der Waals surface area contributed by atoms with Gasteiger partial charge < -0.3 is 15.8 Å². The zero-order valence-electron chi connectivity index (χ0n) is 20.0. The summed E-state index contributed by atoms with van der Waals surface area (Å²) < 4.78 is 21.5. The van der Waals surface area contributed by atoms with Crippen molar-refractivity contribution in [3.63, 3.8) is 0 Å². The standard InChI is InChI=1S/C25H22ClN7O4S/c1-37-15-9-10-17(26)21(12-15)30-22-23(29-20-8-3-2-7-19(20)28-22)32-38(36)16-6-4-5-14(11-16)25(35)33-13-18(27)24(34)31-33/h2-12,18H,13,27H2,1H3,(H,28,30)(H,29,32)(H,31,34). The zero-order valence-corrected chi connectivity index (χ0v) is 21.5. The highest BCUT2D eigenvalue weighted by atomic mass is 35.5. The van der Waals surface area contributed by atoms with Crippen molar-refractivity contribution >= 4 is 62.8 Å². The van der Waals surface area contributed by atoms with Gasteiger partial charge in [-0.15, -0.1) is 0 Å². The normalized spacial score (nSPS) is 15.7. The van der Waals surface area contributed by atoms with Crippen LogP contribution in [0.5, 0.6) is 5.75 Å². The summed E-state index contributed by atoms with van der Waals surface area (Å²) in [5.74, 6) is 0.167. The van der Waals surface area contributed by atoms with Gasteiger partial charge in [0.1, 0.15) is 11.8 Å². The van der Waals surface area contributed by atoms with E-state index in [9.17, 15) is 13.8 Å². The molecule has 38 heavy (non-hydrogen) atoms. The van der Waals surface area contributed by atoms with Crippen LogP contribution in [-0.4, -0.2) is 50.7 Å². The monoisotopic (exact) mass is 551 g/mol. The van der Waals surface area contributed by atoms with Crippen molar-refractivity contribution in [1.82, 2.24) is 20.4 Å². The number of rotatable bonds is 7. The maximum Gasteiger partial charge on any atom is 0.272 e. The van der Waals surface area contributed by atoms with Crippen LogP contribution in [-0.2, 0) is 15.8 Å². The summed E-state index contributed by atoms with van der Waals surface area (Å²) >= 11 is 6.38. The Morgan fingerprint density at radius 1 is 1.11 bits per heavy atom. The molecule has 5 N–H and O–H groups in total. The number of nitrogens with two attached hydrogens (primary N) is 1. The molecule has 1 saturated heterocycles. The van der Waals surface area contributed by atoms with Crippen LogP contribution in [0.25, 0.3) is 11.0 Å². The van der Waals surface area contributed by atoms with Gasteiger partial charge in [0.2, 0.25) is 0 Å². The van der Waals surface area contributed by atoms with Crippen LogP contribution < -0.4 is 25.9 Å². The predicted octanol–water partition coefficient (Wildman–Crippen LogP) is 2.98. The number of carbonyl (C=O) groups is 2. The van der Waals surface area contributed by atoms with Gasteiger partial charge in [0.05, 0.1) is 40.3 Å². The molecule has 1 aliphatic heterocycles. The second-order valence-electron chi connectivity index (χ2n) is 8.28. The number of halogens is 1. The maximum atomic E-state index is 13.4. The van der Waals surface area contributed by atoms with E-state index in [2.05, 4.69) is 25.4 Å². The lowest BCUT2D eigenvalue weighted by atomic mass is 10.2. The minimum absolute atomic E-state index is 0.0395. The number of nitrogens with one attached hydrogen (secondary N) is 3. The quantitative estimate of drug-likeness (QED) is 0.273. The molecule has 13 heteroatoms. The number of fused-ring (bicyclic) bond motifs is 1. The van der Waals surface area contributed by atoms with Crippen LogP contribution in [0.4, 0.5) is 17.3 Å². The lowest BCUT2D eigenvalue weighted by molar-refractivity contribution is -0.121. The molecular weight excluding hydrogens is 530 g/mol. The molecule has 194 valence electrons. The van der Waals surface area contributed by atoms with E-state index in [1.807, 2.05) is 12.1 Å². The molecule has 4 aromatic rings. The van der Waals surface area contributed by atoms with Crippen LogP contribution in [0.15, 0.2) is 71.6 Å². The number of hydrogen-bond donors (Lipinski definition) is 4. The van der Waals surface area contributed by atoms with Gasteiger partial charge in [0.15, 0.2) is 22.6 Å². The molecule has 3 aromatic carbocycles. The molecule has 1 fully saturated rings. The molecule has 2 amide bonds. The molecule has 2 heterocycles. The maximum absolute atomic E-state index is 13.4. The highest BCUT2D eigenvalue weighted by molar-refractivity contribution is 7.86. The first-order valence-corrected chi connectivity index (χ1v) is 12.9. The number of benzene rings is 3. The minimum atomic E-state index is -1.83. The van der Waals surface area contributed by atoms with Crippen molar-refractivity contribution in [1.29, 1.82) is 0 Å². The van der Waals surface area contributed by atoms with E-state index in [0.29, 0.717) is 32.4 Å². The number of para-hydroxylation sites is 2. The van der Waals surface area contributed by atoms with Crippen LogP contribution in [0.2, 0.25) is 5.02 Å². The molecule has 0 radical (unpaired) electrons. The Bertz CT molecular complexity index is 1580. The van der Waals surface area contributed by atoms with Crippen molar-refractivity contribution in [2.45, 2.75) is 10.9 Å². The number of carbonyl (C=O) groups excluding carboxylic acids is 2. The van der Waals surface area contributed by atoms with Crippen molar-refractivity contribution in [3.05, 3.63) is 77.3 Å². The number of nitrogens with zero attached hydrogens (tertiary/aromatic N) is 3. The van der Waals surface area contributed by atoms with Crippen LogP contribution in [0.3, 0.4) is 0 Å². The van der Waals surface area contributed by atoms with Gasteiger partial charge in [0.25, 0.3) is 11.8 Å². The molecule has 0 aliphatic carbocycles. The van der Waals surface area contributed by atoms with E-state index in [4.69, 9.17) is 22.1 Å². The van der Waals surface area contributed by atoms with Gasteiger partial charge in [-0.25, -0.2) is 19.2 Å². The largest absolute Gasteiger partial charge is 0.497 e. The minimum Gasteiger partial charge on any atom is -0.497 e. The molecule has 1 aromatic heterocycles. The van der Waals surface area contributed by atoms with E-state index < -0.39 is 28.8 Å². The molecule has 5 rings (SSSR count). The Hall–Kier alpha value is -4.26. The van der Waals surface area contributed by atoms with Crippen molar-refractivity contribution in [3.8, 4) is 5.75 Å². The van der Waals surface area contributed by atoms with Crippen molar-refractivity contribution in [2.24, 2.45) is 5.73 Å². The first kappa shape index (κ1) is 25.4. The summed E-state index contributed by atoms with van der Waals surface area (Å²) in [5, 5.41) is 4.70. The number of aromatic nitrogens is 2. The summed E-state index contributed by atoms with van der Waals surface area (Å²) in [6.07, 6.45) is 0. The first-order valence-electron chi connectivity index (χ1n) is 11.4. The van der Waals surface area contributed by atoms with Gasteiger partial charge in [-0.1, -0.05) is 29.8 Å². The third-order valence-electron chi connectivity index (χ3n) is 5.69. The predicted molar refractivity (Wildman–Crippen MR) is 144 cm³/mol. The van der Waals surface area contributed by atoms with E-state index in [0.717, 1.165) is 5.01 Å². The summed E-state index contributed by atoms with van der Waals surface area (Å²) in [5.41, 5.74) is 10.1. The van der Waals surface area contributed by atoms with E-state index >= 15 is 0 Å². The van der Waals surface area contributed by atoms with Crippen LogP contribution in [0, 0.1) is 0 Å². The van der Waals surface area contributed by atoms with E-state index in [1.54, 1.807) is 55.6 Å². The summed E-state index contributed by atoms with van der Waals surface area (Å²) in [6.45, 7) is 0.0395. The van der Waals surface area contributed by atoms with Gasteiger partial charge in [-0.05, 0) is 42.5 Å². The summed E-state index contributed by atoms with van der Waals surface area (Å²) in [6, 6.07) is 17.8. The molecular formula is C25H22ClN7O4S. The molecule has 0 bridgehead atoms. The summed E-state index contributed by atoms with van der Waals surface area (Å²) in [7, 11) is -0.287. The topological polar surface area (TPSA) is 152 Å². The lowest BCUT2D eigenvalue weighted by Crippen LogP contribution is -2.38. The fourth-order valence-electron chi connectivity index (χ4n) is 3.73. The van der Waals surface area contributed by atoms with Gasteiger partial charge in [0, 0.05) is 11.6 Å². The molecule has 0 spiro atoms. The summed E-state index contributed by atoms with van der Waals surface area (Å²) in [4.78, 5) is 34.1. The van der Waals surface area contributed by atoms with Crippen LogP contribution in [0.1, 0.15) is 10.4 Å². The highest BCUT2D eigenvalue weighted by Gasteiger charge is 2.31. The van der Waals surface area contributed by atoms with Gasteiger partial charge >= 0.3 is 0 Å². The van der Waals surface area contributed by atoms with Gasteiger partial charge in [-0.3, -0.25) is 19.7 Å². The molecule has 1 aliphatic rings. The first-order chi connectivity index (χ1) is 18.3. The number of methoxy groups -OCH3 is 1. The van der Waals surface area contributed by atoms with E-state index in [-0.39, 0.29) is 23.7 Å². The second-order valence-corrected chi connectivity index (χ2v) is 9.90. The third kappa shape index (κ3) is 5.23. The average molecular weight is 552 g/mol. The average Bonchev–Trinajstić information content (AvgIpc) is 3.27. The molecule has 0 saturated carbocycles. The number of hydrogen-bond acceptors (Lipinski definition) is 8. The van der Waals surface area contributed by atoms with Crippen LogP contribution >= 0.6 is 11.6 Å². The SMILES string of the molecule is COc1ccc(Cl)c(Nc2nc3ccccc3nc2NS(=O)c2cccc(C(=O)N3CC(N)C(=O)N3)c2)c1. The van der Waals surface area contributed by atoms with Crippen molar-refractivity contribution in [2.75, 3.05) is 23.7 Å². The molecule has 2 unspecified atom stereocenters. The van der Waals surface area contributed by atoms with Gasteiger partial charge in [-0.2, -0.15) is 0 Å². The fourth-order valence-corrected chi connectivity index (χ4v) is 4.77. The number of anilines is 3. The number of hydrazine groups is 1. The third-order valence-corrected chi connectivity index (χ3v) is 7.08. The Kier molecular flexibility index (Phi) is 7.09. The smallest absolute Gasteiger partial charge is 0.272 e. The highest BCUT2D eigenvalue weighted by Crippen LogP contribution is 2.32. The number of amides is 2. The van der Waals surface area contributed by atoms with Crippen molar-refractivity contribution < 1.29 is 18.5 Å². The zero-order chi connectivity index (χ0) is 26.8. The Labute approximate surface area is 224 Å². The Balaban J connectivity index is 1.45. The molecule has 11 nitrogen and oxygen atoms in total. The Morgan fingerprint density at radius 2 is 1.84 bits per heavy atom. The lowest BCUT2D eigenvalue weighted by Gasteiger charge is -2.16. The van der Waals surface area contributed by atoms with E-state index in [1.165, 1.54) is 6.07 Å². The second kappa shape index (κ2) is 10.6. The Morgan fingerprint density at radius 3 is 2.53 bits per heavy atom. The number of ether oxygens (including phenoxy) is 1.